The molecule has 0 radical (unpaired) electrons. The molecule has 0 atom stereocenters. The van der Waals surface area contributed by atoms with Crippen LogP contribution in [0.2, 0.25) is 0 Å². The molecule has 0 aromatic carbocycles. The van der Waals surface area contributed by atoms with E-state index in [-0.39, 0.29) is 5.56 Å². The van der Waals surface area contributed by atoms with Crippen LogP contribution in [-0.2, 0) is 13.0 Å². The van der Waals surface area contributed by atoms with Crippen LogP contribution >= 0.6 is 11.3 Å². The first-order chi connectivity index (χ1) is 11.2. The highest BCUT2D eigenvalue weighted by atomic mass is 32.1. The standard InChI is InChI=1S/C19H26N2OS/c1-3-14-11-17(13(2)21-19(14)22)18-15(9-10-23-18)12-20-16-7-5-4-6-8-16/h9-11,16,20H,3-8,12H2,1-2H3,(H,21,22). The van der Waals surface area contributed by atoms with E-state index in [1.807, 2.05) is 13.8 Å². The second-order valence-electron chi connectivity index (χ2n) is 6.51. The number of hydrogen-bond donors (Lipinski definition) is 2. The molecule has 2 aromatic heterocycles. The molecule has 0 aliphatic heterocycles. The van der Waals surface area contributed by atoms with E-state index >= 15 is 0 Å². The molecule has 0 amide bonds. The van der Waals surface area contributed by atoms with Crippen LogP contribution in [0.1, 0.15) is 55.8 Å². The molecule has 3 rings (SSSR count). The molecular weight excluding hydrogens is 304 g/mol. The summed E-state index contributed by atoms with van der Waals surface area (Å²) in [5, 5.41) is 5.88. The Hall–Kier alpha value is -1.39. The molecule has 2 N–H and O–H groups in total. The molecule has 3 nitrogen and oxygen atoms in total. The van der Waals surface area contributed by atoms with Crippen molar-refractivity contribution in [2.75, 3.05) is 0 Å². The zero-order chi connectivity index (χ0) is 16.2. The summed E-state index contributed by atoms with van der Waals surface area (Å²) in [5.41, 5.74) is 4.40. The summed E-state index contributed by atoms with van der Waals surface area (Å²) >= 11 is 1.77. The summed E-state index contributed by atoms with van der Waals surface area (Å²) in [6.07, 6.45) is 7.47. The number of H-pyrrole nitrogens is 1. The van der Waals surface area contributed by atoms with Gasteiger partial charge in [0.1, 0.15) is 0 Å². The number of aryl methyl sites for hydroxylation is 2. The summed E-state index contributed by atoms with van der Waals surface area (Å²) in [5.74, 6) is 0. The molecule has 23 heavy (non-hydrogen) atoms. The molecular formula is C19H26N2OS. The Kier molecular flexibility index (Phi) is 5.34. The Morgan fingerprint density at radius 3 is 2.78 bits per heavy atom. The van der Waals surface area contributed by atoms with E-state index in [0.29, 0.717) is 6.04 Å². The second kappa shape index (κ2) is 7.45. The van der Waals surface area contributed by atoms with Gasteiger partial charge in [-0.15, -0.1) is 11.3 Å². The molecule has 2 aromatic rings. The lowest BCUT2D eigenvalue weighted by molar-refractivity contribution is 0.372. The number of nitrogens with one attached hydrogen (secondary N) is 2. The Balaban J connectivity index is 1.81. The van der Waals surface area contributed by atoms with Gasteiger partial charge < -0.3 is 10.3 Å². The number of aromatic amines is 1. The Morgan fingerprint density at radius 1 is 1.26 bits per heavy atom. The zero-order valence-electron chi connectivity index (χ0n) is 14.1. The Morgan fingerprint density at radius 2 is 2.04 bits per heavy atom. The van der Waals surface area contributed by atoms with Gasteiger partial charge in [0.25, 0.3) is 5.56 Å². The lowest BCUT2D eigenvalue weighted by Crippen LogP contribution is -2.30. The van der Waals surface area contributed by atoms with Crippen LogP contribution in [-0.4, -0.2) is 11.0 Å². The topological polar surface area (TPSA) is 44.9 Å². The van der Waals surface area contributed by atoms with Gasteiger partial charge in [-0.05, 0) is 49.3 Å². The van der Waals surface area contributed by atoms with Crippen molar-refractivity contribution in [1.82, 2.24) is 10.3 Å². The van der Waals surface area contributed by atoms with E-state index in [2.05, 4.69) is 27.8 Å². The third kappa shape index (κ3) is 3.75. The van der Waals surface area contributed by atoms with Crippen LogP contribution in [0.5, 0.6) is 0 Å². The third-order valence-electron chi connectivity index (χ3n) is 4.87. The molecule has 0 saturated heterocycles. The predicted molar refractivity (Wildman–Crippen MR) is 98.2 cm³/mol. The summed E-state index contributed by atoms with van der Waals surface area (Å²) in [6, 6.07) is 4.95. The fraction of sp³-hybridized carbons (Fsp3) is 0.526. The van der Waals surface area contributed by atoms with Crippen molar-refractivity contribution in [3.8, 4) is 10.4 Å². The summed E-state index contributed by atoms with van der Waals surface area (Å²) < 4.78 is 0. The highest BCUT2D eigenvalue weighted by Crippen LogP contribution is 2.31. The van der Waals surface area contributed by atoms with E-state index < -0.39 is 0 Å². The average Bonchev–Trinajstić information content (AvgIpc) is 3.02. The van der Waals surface area contributed by atoms with Crippen LogP contribution < -0.4 is 10.9 Å². The zero-order valence-corrected chi connectivity index (χ0v) is 14.9. The predicted octanol–water partition coefficient (Wildman–Crippen LogP) is 4.40. The molecule has 0 spiro atoms. The lowest BCUT2D eigenvalue weighted by atomic mass is 9.95. The molecule has 124 valence electrons. The van der Waals surface area contributed by atoms with Gasteiger partial charge in [0.05, 0.1) is 0 Å². The molecule has 1 aliphatic carbocycles. The van der Waals surface area contributed by atoms with E-state index in [9.17, 15) is 4.79 Å². The Bertz CT molecular complexity index is 710. The fourth-order valence-corrected chi connectivity index (χ4v) is 4.44. The molecule has 4 heteroatoms. The van der Waals surface area contributed by atoms with Gasteiger partial charge in [0, 0.05) is 34.3 Å². The monoisotopic (exact) mass is 330 g/mol. The van der Waals surface area contributed by atoms with Crippen molar-refractivity contribution in [3.63, 3.8) is 0 Å². The summed E-state index contributed by atoms with van der Waals surface area (Å²) in [6.45, 7) is 4.95. The third-order valence-corrected chi connectivity index (χ3v) is 5.86. The van der Waals surface area contributed by atoms with Gasteiger partial charge in [-0.25, -0.2) is 0 Å². The second-order valence-corrected chi connectivity index (χ2v) is 7.42. The normalized spacial score (nSPS) is 15.9. The first kappa shape index (κ1) is 16.5. The van der Waals surface area contributed by atoms with E-state index in [1.165, 1.54) is 48.1 Å². The van der Waals surface area contributed by atoms with Gasteiger partial charge in [-0.2, -0.15) is 0 Å². The molecule has 1 aliphatic rings. The quantitative estimate of drug-likeness (QED) is 0.853. The van der Waals surface area contributed by atoms with Crippen LogP contribution in [0.4, 0.5) is 0 Å². The minimum Gasteiger partial charge on any atom is -0.326 e. The van der Waals surface area contributed by atoms with Gasteiger partial charge in [0.2, 0.25) is 0 Å². The average molecular weight is 330 g/mol. The minimum atomic E-state index is 0.0483. The molecule has 2 heterocycles. The maximum Gasteiger partial charge on any atom is 0.251 e. The van der Waals surface area contributed by atoms with E-state index in [4.69, 9.17) is 0 Å². The first-order valence-electron chi connectivity index (χ1n) is 8.72. The van der Waals surface area contributed by atoms with Gasteiger partial charge in [-0.3, -0.25) is 4.79 Å². The smallest absolute Gasteiger partial charge is 0.251 e. The summed E-state index contributed by atoms with van der Waals surface area (Å²) in [4.78, 5) is 16.2. The number of rotatable bonds is 5. The van der Waals surface area contributed by atoms with Crippen molar-refractivity contribution in [2.24, 2.45) is 0 Å². The van der Waals surface area contributed by atoms with Crippen molar-refractivity contribution in [2.45, 2.75) is 65.0 Å². The van der Waals surface area contributed by atoms with Gasteiger partial charge in [-0.1, -0.05) is 26.2 Å². The van der Waals surface area contributed by atoms with Crippen molar-refractivity contribution in [3.05, 3.63) is 44.7 Å². The fourth-order valence-electron chi connectivity index (χ4n) is 3.44. The minimum absolute atomic E-state index is 0.0483. The molecule has 0 bridgehead atoms. The molecule has 1 saturated carbocycles. The maximum absolute atomic E-state index is 11.9. The van der Waals surface area contributed by atoms with E-state index in [1.54, 1.807) is 11.3 Å². The van der Waals surface area contributed by atoms with Crippen LogP contribution in [0.3, 0.4) is 0 Å². The highest BCUT2D eigenvalue weighted by molar-refractivity contribution is 7.13. The highest BCUT2D eigenvalue weighted by Gasteiger charge is 2.15. The SMILES string of the molecule is CCc1cc(-c2sccc2CNC2CCCCC2)c(C)[nH]c1=O. The van der Waals surface area contributed by atoms with Gasteiger partial charge in [0.15, 0.2) is 0 Å². The first-order valence-corrected chi connectivity index (χ1v) is 9.60. The Labute approximate surface area is 142 Å². The van der Waals surface area contributed by atoms with Gasteiger partial charge >= 0.3 is 0 Å². The van der Waals surface area contributed by atoms with E-state index in [0.717, 1.165) is 24.2 Å². The molecule has 0 unspecified atom stereocenters. The van der Waals surface area contributed by atoms with Crippen LogP contribution in [0.25, 0.3) is 10.4 Å². The van der Waals surface area contributed by atoms with Crippen molar-refractivity contribution in [1.29, 1.82) is 0 Å². The molecule has 1 fully saturated rings. The van der Waals surface area contributed by atoms with Crippen molar-refractivity contribution < 1.29 is 0 Å². The summed E-state index contributed by atoms with van der Waals surface area (Å²) in [7, 11) is 0. The number of pyridine rings is 1. The largest absolute Gasteiger partial charge is 0.326 e. The van der Waals surface area contributed by atoms with Crippen LogP contribution in [0.15, 0.2) is 22.3 Å². The number of thiophene rings is 1. The number of aromatic nitrogens is 1. The van der Waals surface area contributed by atoms with Crippen molar-refractivity contribution >= 4 is 11.3 Å². The lowest BCUT2D eigenvalue weighted by Gasteiger charge is -2.23. The van der Waals surface area contributed by atoms with Crippen LogP contribution in [0, 0.1) is 6.92 Å². The maximum atomic E-state index is 11.9. The number of hydrogen-bond acceptors (Lipinski definition) is 3.